The fraction of sp³-hybridized carbons (Fsp3) is 0.351. The molecule has 0 spiro atoms. The van der Waals surface area contributed by atoms with Crippen LogP contribution in [0.3, 0.4) is 0 Å². The number of amides is 3. The first-order valence-corrected chi connectivity index (χ1v) is 16.2. The molecule has 0 aliphatic carbocycles. The highest BCUT2D eigenvalue weighted by atomic mass is 16.5. The zero-order valence-corrected chi connectivity index (χ0v) is 27.5. The van der Waals surface area contributed by atoms with Gasteiger partial charge in [0.1, 0.15) is 12.3 Å². The number of benzene rings is 3. The summed E-state index contributed by atoms with van der Waals surface area (Å²) in [6.45, 7) is 9.12. The lowest BCUT2D eigenvalue weighted by Gasteiger charge is -2.31. The Morgan fingerprint density at radius 1 is 1.02 bits per heavy atom. The quantitative estimate of drug-likeness (QED) is 0.137. The van der Waals surface area contributed by atoms with Crippen LogP contribution in [0.15, 0.2) is 73.1 Å². The van der Waals surface area contributed by atoms with Crippen molar-refractivity contribution in [2.45, 2.75) is 66.0 Å². The van der Waals surface area contributed by atoms with Gasteiger partial charge in [-0.25, -0.2) is 4.79 Å². The van der Waals surface area contributed by atoms with Gasteiger partial charge in [0.05, 0.1) is 25.5 Å². The standard InChI is InChI=1S/C37H43N5O5/c1-25(2)47-36(44)22-38-37(45)40-30-12-6-11-28(20-30)23-41-24-29(21-39-41)31-13-7-15-33-32(31)14-8-18-42(33)35(43)17-9-19-46-34-16-5-10-26(3)27(34)4/h5-7,10-13,15-16,20-21,24-25H,8-9,14,17-19,22-23H2,1-4H3,(H2,38,40,45). The number of hydrogen-bond donors (Lipinski definition) is 2. The van der Waals surface area contributed by atoms with E-state index in [1.54, 1.807) is 19.9 Å². The Kier molecular flexibility index (Phi) is 10.9. The van der Waals surface area contributed by atoms with Gasteiger partial charge in [-0.2, -0.15) is 5.10 Å². The third-order valence-electron chi connectivity index (χ3n) is 8.13. The zero-order chi connectivity index (χ0) is 33.3. The molecule has 246 valence electrons. The van der Waals surface area contributed by atoms with Crippen molar-refractivity contribution in [2.24, 2.45) is 0 Å². The number of nitrogens with one attached hydrogen (secondary N) is 2. The summed E-state index contributed by atoms with van der Waals surface area (Å²) in [4.78, 5) is 39.3. The van der Waals surface area contributed by atoms with Gasteiger partial charge in [-0.3, -0.25) is 14.3 Å². The Labute approximate surface area is 276 Å². The number of carbonyl (C=O) groups is 3. The van der Waals surface area contributed by atoms with Gasteiger partial charge in [-0.05, 0) is 99.0 Å². The molecule has 0 fully saturated rings. The summed E-state index contributed by atoms with van der Waals surface area (Å²) >= 11 is 0. The molecule has 1 aliphatic rings. The second-order valence-corrected chi connectivity index (χ2v) is 12.1. The molecule has 47 heavy (non-hydrogen) atoms. The van der Waals surface area contributed by atoms with Crippen molar-refractivity contribution >= 4 is 29.3 Å². The first-order chi connectivity index (χ1) is 22.7. The molecule has 0 atom stereocenters. The van der Waals surface area contributed by atoms with Gasteiger partial charge in [0.15, 0.2) is 0 Å². The van der Waals surface area contributed by atoms with Crippen molar-refractivity contribution in [2.75, 3.05) is 29.9 Å². The molecule has 0 bridgehead atoms. The zero-order valence-electron chi connectivity index (χ0n) is 27.5. The summed E-state index contributed by atoms with van der Waals surface area (Å²) in [7, 11) is 0. The Morgan fingerprint density at radius 2 is 1.83 bits per heavy atom. The van der Waals surface area contributed by atoms with Gasteiger partial charge in [0.25, 0.3) is 0 Å². The van der Waals surface area contributed by atoms with E-state index in [0.29, 0.717) is 38.2 Å². The van der Waals surface area contributed by atoms with Crippen LogP contribution in [-0.2, 0) is 27.3 Å². The molecule has 1 aliphatic heterocycles. The average Bonchev–Trinajstić information content (AvgIpc) is 3.51. The number of carbonyl (C=O) groups excluding carboxylic acids is 3. The second-order valence-electron chi connectivity index (χ2n) is 12.1. The third-order valence-corrected chi connectivity index (χ3v) is 8.13. The Morgan fingerprint density at radius 3 is 2.66 bits per heavy atom. The molecule has 1 aromatic heterocycles. The Hall–Kier alpha value is -5.12. The van der Waals surface area contributed by atoms with Gasteiger partial charge in [-0.1, -0.05) is 36.4 Å². The van der Waals surface area contributed by atoms with Gasteiger partial charge in [0.2, 0.25) is 5.91 Å². The number of aromatic nitrogens is 2. The fourth-order valence-corrected chi connectivity index (χ4v) is 5.73. The van der Waals surface area contributed by atoms with Gasteiger partial charge in [0, 0.05) is 36.1 Å². The number of esters is 1. The largest absolute Gasteiger partial charge is 0.493 e. The lowest BCUT2D eigenvalue weighted by Crippen LogP contribution is -2.35. The van der Waals surface area contributed by atoms with Crippen LogP contribution in [0, 0.1) is 13.8 Å². The smallest absolute Gasteiger partial charge is 0.325 e. The van der Waals surface area contributed by atoms with E-state index in [2.05, 4.69) is 41.7 Å². The molecule has 10 nitrogen and oxygen atoms in total. The molecule has 0 unspecified atom stereocenters. The molecule has 2 N–H and O–H groups in total. The summed E-state index contributed by atoms with van der Waals surface area (Å²) < 4.78 is 12.9. The van der Waals surface area contributed by atoms with Crippen molar-refractivity contribution < 1.29 is 23.9 Å². The molecule has 3 amide bonds. The lowest BCUT2D eigenvalue weighted by molar-refractivity contribution is -0.146. The molecule has 0 saturated heterocycles. The normalized spacial score (nSPS) is 12.4. The van der Waals surface area contributed by atoms with E-state index in [9.17, 15) is 14.4 Å². The Balaban J connectivity index is 1.19. The van der Waals surface area contributed by atoms with Crippen LogP contribution in [0.2, 0.25) is 0 Å². The number of ether oxygens (including phenoxy) is 2. The van der Waals surface area contributed by atoms with Crippen LogP contribution >= 0.6 is 0 Å². The fourth-order valence-electron chi connectivity index (χ4n) is 5.73. The number of nitrogens with zero attached hydrogens (tertiary/aromatic N) is 3. The summed E-state index contributed by atoms with van der Waals surface area (Å²) in [6.07, 6.45) is 6.48. The molecule has 0 saturated carbocycles. The molecule has 2 heterocycles. The number of rotatable bonds is 12. The monoisotopic (exact) mass is 637 g/mol. The van der Waals surface area contributed by atoms with E-state index >= 15 is 0 Å². The minimum atomic E-state index is -0.493. The van der Waals surface area contributed by atoms with Crippen LogP contribution < -0.4 is 20.3 Å². The maximum absolute atomic E-state index is 13.4. The first-order valence-electron chi connectivity index (χ1n) is 16.2. The number of aryl methyl sites for hydroxylation is 1. The minimum absolute atomic E-state index is 0.112. The van der Waals surface area contributed by atoms with Gasteiger partial charge >= 0.3 is 12.0 Å². The maximum atomic E-state index is 13.4. The van der Waals surface area contributed by atoms with Crippen molar-refractivity contribution in [1.29, 1.82) is 0 Å². The van der Waals surface area contributed by atoms with Crippen molar-refractivity contribution in [1.82, 2.24) is 15.1 Å². The van der Waals surface area contributed by atoms with E-state index in [0.717, 1.165) is 52.1 Å². The second kappa shape index (κ2) is 15.4. The van der Waals surface area contributed by atoms with Gasteiger partial charge < -0.3 is 25.0 Å². The SMILES string of the molecule is Cc1cccc(OCCCC(=O)N2CCCc3c(-c4cnn(Cc5cccc(NC(=O)NCC(=O)OC(C)C)c5)c4)cccc32)c1C. The number of urea groups is 1. The summed E-state index contributed by atoms with van der Waals surface area (Å²) in [5.41, 5.74) is 8.07. The average molecular weight is 638 g/mol. The molecule has 4 aromatic rings. The van der Waals surface area contributed by atoms with Crippen LogP contribution in [0.5, 0.6) is 5.75 Å². The third kappa shape index (κ3) is 8.78. The molecule has 0 radical (unpaired) electrons. The predicted molar refractivity (Wildman–Crippen MR) is 183 cm³/mol. The number of anilines is 2. The van der Waals surface area contributed by atoms with Crippen LogP contribution in [0.1, 0.15) is 55.4 Å². The summed E-state index contributed by atoms with van der Waals surface area (Å²) in [6, 6.07) is 19.1. The van der Waals surface area contributed by atoms with Crippen molar-refractivity contribution in [3.8, 4) is 16.9 Å². The molecular formula is C37H43N5O5. The van der Waals surface area contributed by atoms with E-state index in [4.69, 9.17) is 9.47 Å². The highest BCUT2D eigenvalue weighted by molar-refractivity contribution is 5.96. The molecular weight excluding hydrogens is 594 g/mol. The maximum Gasteiger partial charge on any atom is 0.325 e. The van der Waals surface area contributed by atoms with Crippen molar-refractivity contribution in [3.05, 3.63) is 95.3 Å². The van der Waals surface area contributed by atoms with E-state index in [1.807, 2.05) is 64.4 Å². The number of fused-ring (bicyclic) bond motifs is 1. The summed E-state index contributed by atoms with van der Waals surface area (Å²) in [5, 5.41) is 9.88. The van der Waals surface area contributed by atoms with Crippen molar-refractivity contribution in [3.63, 3.8) is 0 Å². The summed E-state index contributed by atoms with van der Waals surface area (Å²) in [5.74, 6) is 0.494. The van der Waals surface area contributed by atoms with Crippen LogP contribution in [0.4, 0.5) is 16.2 Å². The lowest BCUT2D eigenvalue weighted by atomic mass is 9.93. The highest BCUT2D eigenvalue weighted by Gasteiger charge is 2.25. The Bertz CT molecular complexity index is 1730. The van der Waals surface area contributed by atoms with E-state index in [-0.39, 0.29) is 18.6 Å². The number of hydrogen-bond acceptors (Lipinski definition) is 6. The van der Waals surface area contributed by atoms with Crippen LogP contribution in [-0.4, -0.2) is 53.5 Å². The predicted octanol–water partition coefficient (Wildman–Crippen LogP) is 6.43. The van der Waals surface area contributed by atoms with E-state index < -0.39 is 12.0 Å². The molecule has 3 aromatic carbocycles. The molecule has 5 rings (SSSR count). The molecule has 10 heteroatoms. The first kappa shape index (κ1) is 33.2. The van der Waals surface area contributed by atoms with E-state index in [1.165, 1.54) is 5.56 Å². The minimum Gasteiger partial charge on any atom is -0.493 e. The van der Waals surface area contributed by atoms with Gasteiger partial charge in [-0.15, -0.1) is 0 Å². The highest BCUT2D eigenvalue weighted by Crippen LogP contribution is 2.36. The van der Waals surface area contributed by atoms with Crippen LogP contribution in [0.25, 0.3) is 11.1 Å². The topological polar surface area (TPSA) is 115 Å².